The molecule has 3 aliphatic rings. The quantitative estimate of drug-likeness (QED) is 0.00896. The first-order valence-electron chi connectivity index (χ1n) is 40.8. The Morgan fingerprint density at radius 2 is 0.736 bits per heavy atom. The van der Waals surface area contributed by atoms with Gasteiger partial charge in [-0.1, -0.05) is 187 Å². The van der Waals surface area contributed by atoms with Crippen LogP contribution in [-0.4, -0.2) is 140 Å². The number of nitrogens with two attached hydrogens (primary N) is 3. The summed E-state index contributed by atoms with van der Waals surface area (Å²) >= 11 is 0. The first-order chi connectivity index (χ1) is 57.3. The molecule has 1 unspecified atom stereocenters. The molecule has 15 N–H and O–H groups in total. The largest absolute Gasteiger partial charge is 1.00 e. The SMILES string of the molecule is CC(C)c1nc2c(c(-c3ccc(F)cc3)c1/C=C/[C@@H](O)C[C@@H](O)CC(=O)O)CCCc1ccccc1-2.CC(C)c1nc2c(c(-c3ccc(F)cc3)c1/C=C/[C@@H](O)C[C@@H](O)CC(=O)O)CCCc1ccccc1-2.CC(C)c1nc2c(c(-c3ccc(F)cc3)c1/C=C/[C@@H](O)C[C@@H](O)CC(=O)[O-])CCCc1ccccc1-2.NC(N)=NCCCC(N)C(=O)O.[Na+]. The van der Waals surface area contributed by atoms with Crippen molar-refractivity contribution < 1.29 is 113 Å². The minimum absolute atomic E-state index is 0. The van der Waals surface area contributed by atoms with E-state index < -0.39 is 85.8 Å². The Morgan fingerprint density at radius 3 is 1.00 bits per heavy atom. The Labute approximate surface area is 726 Å². The predicted octanol–water partition coefficient (Wildman–Crippen LogP) is 11.4. The van der Waals surface area contributed by atoms with E-state index in [1.165, 1.54) is 53.1 Å². The molecule has 6 aromatic carbocycles. The number of aryl methyl sites for hydroxylation is 3. The van der Waals surface area contributed by atoms with Gasteiger partial charge in [-0.25, -0.2) is 13.2 Å². The minimum Gasteiger partial charge on any atom is -0.550 e. The molecule has 25 heteroatoms. The van der Waals surface area contributed by atoms with Gasteiger partial charge >= 0.3 is 47.5 Å². The fourth-order valence-corrected chi connectivity index (χ4v) is 15.5. The zero-order valence-corrected chi connectivity index (χ0v) is 71.5. The number of rotatable bonds is 29. The predicted molar refractivity (Wildman–Crippen MR) is 460 cm³/mol. The minimum atomic E-state index is -1.37. The summed E-state index contributed by atoms with van der Waals surface area (Å²) < 4.78 is 41.6. The van der Waals surface area contributed by atoms with Gasteiger partial charge in [-0.3, -0.25) is 34.3 Å². The van der Waals surface area contributed by atoms with Crippen LogP contribution in [0.15, 0.2) is 169 Å². The molecular weight excluding hydrogens is 1560 g/mol. The van der Waals surface area contributed by atoms with Crippen LogP contribution in [0.5, 0.6) is 0 Å². The van der Waals surface area contributed by atoms with Crippen molar-refractivity contribution in [3.05, 3.63) is 248 Å². The van der Waals surface area contributed by atoms with Crippen LogP contribution in [0.3, 0.4) is 0 Å². The summed E-state index contributed by atoms with van der Waals surface area (Å²) in [5.74, 6) is -5.33. The first-order valence-corrected chi connectivity index (χ1v) is 40.8. The number of benzene rings is 6. The standard InChI is InChI=1S/3C30H32FNO4.C6H14N4O2.Na/c3*1-18(2)29-26(15-14-22(33)16-23(34)17-27(35)36)28(20-10-12-21(31)13-11-20)25-9-5-7-19-6-3-4-8-24(19)30(25)32-29;7-4(5(11)12)2-1-3-10-6(8)9;/h3*3-4,6,8,10-15,18,22-23,33-34H,5,7,9,16-17H2,1-2H3,(H,35,36);4H,1-3,7H2,(H,11,12)(H4,8,9,10);/q;;;;+1/p-1/b3*15-14+;;/t3*22-,23-;;/m111../s1. The Morgan fingerprint density at radius 1 is 0.446 bits per heavy atom. The smallest absolute Gasteiger partial charge is 0.550 e. The van der Waals surface area contributed by atoms with Crippen molar-refractivity contribution in [1.82, 2.24) is 15.0 Å². The summed E-state index contributed by atoms with van der Waals surface area (Å²) in [4.78, 5) is 61.9. The molecule has 0 bridgehead atoms. The number of nitrogens with zero attached hydrogens (tertiary/aromatic N) is 4. The molecule has 0 amide bonds. The molecule has 0 radical (unpaired) electrons. The zero-order chi connectivity index (χ0) is 87.0. The van der Waals surface area contributed by atoms with Crippen LogP contribution in [-0.2, 0) is 57.7 Å². The molecule has 7 atom stereocenters. The van der Waals surface area contributed by atoms with Crippen molar-refractivity contribution in [3.8, 4) is 67.2 Å². The van der Waals surface area contributed by atoms with Gasteiger partial charge in [0.1, 0.15) is 23.5 Å². The number of carboxylic acid groups (broad SMARTS) is 4. The molecule has 0 spiro atoms. The number of aliphatic carboxylic acids is 4. The average molecular weight is 1660 g/mol. The van der Waals surface area contributed by atoms with Gasteiger partial charge in [0.2, 0.25) is 0 Å². The van der Waals surface area contributed by atoms with Gasteiger partial charge in [0.15, 0.2) is 5.96 Å². The van der Waals surface area contributed by atoms with Gasteiger partial charge in [-0.2, -0.15) is 0 Å². The fourth-order valence-electron chi connectivity index (χ4n) is 15.5. The fraction of sp³-hybridized carbons (Fsp3) is 0.354. The van der Waals surface area contributed by atoms with Gasteiger partial charge in [-0.05, 0) is 192 Å². The maximum Gasteiger partial charge on any atom is 1.00 e. The van der Waals surface area contributed by atoms with Gasteiger partial charge in [0.25, 0.3) is 0 Å². The number of guanidine groups is 1. The van der Waals surface area contributed by atoms with E-state index in [9.17, 15) is 68.1 Å². The molecule has 0 saturated heterocycles. The second kappa shape index (κ2) is 46.1. The van der Waals surface area contributed by atoms with Crippen LogP contribution in [0.25, 0.3) is 85.4 Å². The van der Waals surface area contributed by atoms with Crippen molar-refractivity contribution in [2.45, 2.75) is 211 Å². The van der Waals surface area contributed by atoms with E-state index in [2.05, 4.69) is 82.9 Å². The number of aliphatic hydroxyl groups is 6. The summed E-state index contributed by atoms with van der Waals surface area (Å²) in [5, 5.41) is 98.3. The number of halogens is 3. The molecule has 0 saturated carbocycles. The molecule has 0 aliphatic heterocycles. The third-order valence-electron chi connectivity index (χ3n) is 21.1. The second-order valence-corrected chi connectivity index (χ2v) is 31.5. The van der Waals surface area contributed by atoms with E-state index in [-0.39, 0.29) is 90.0 Å². The molecule has 0 fully saturated rings. The van der Waals surface area contributed by atoms with E-state index in [0.717, 1.165) is 175 Å². The van der Waals surface area contributed by atoms with Crippen LogP contribution >= 0.6 is 0 Å². The van der Waals surface area contributed by atoms with Crippen molar-refractivity contribution in [3.63, 3.8) is 0 Å². The first kappa shape index (κ1) is 96.1. The normalized spacial score (nSPS) is 14.4. The van der Waals surface area contributed by atoms with E-state index in [1.807, 2.05) is 48.6 Å². The molecule has 3 heterocycles. The van der Waals surface area contributed by atoms with Gasteiger partial charge < -0.3 is 73.1 Å². The average Bonchev–Trinajstić information content (AvgIpc) is 1.76. The van der Waals surface area contributed by atoms with Crippen LogP contribution in [0.2, 0.25) is 0 Å². The number of fused-ring (bicyclic) bond motifs is 9. The van der Waals surface area contributed by atoms with E-state index in [4.69, 9.17) is 47.5 Å². The van der Waals surface area contributed by atoms with Crippen LogP contribution in [0.4, 0.5) is 13.2 Å². The summed E-state index contributed by atoms with van der Waals surface area (Å²) in [6.07, 6.45) is 10.9. The Bertz CT molecular complexity index is 4680. The summed E-state index contributed by atoms with van der Waals surface area (Å²) in [7, 11) is 0. The zero-order valence-electron chi connectivity index (χ0n) is 69.5. The maximum atomic E-state index is 13.9. The number of aromatic nitrogens is 3. The van der Waals surface area contributed by atoms with Crippen LogP contribution < -0.4 is 51.9 Å². The monoisotopic (exact) mass is 1660 g/mol. The number of aliphatic imine (C=N–C) groups is 1. The maximum absolute atomic E-state index is 13.9. The number of carbonyl (C=O) groups excluding carboxylic acids is 1. The van der Waals surface area contributed by atoms with Gasteiger partial charge in [0.05, 0.1) is 83.6 Å². The number of carboxylic acids is 4. The van der Waals surface area contributed by atoms with E-state index >= 15 is 0 Å². The topological polar surface area (TPSA) is 402 Å². The van der Waals surface area contributed by atoms with E-state index in [0.29, 0.717) is 19.4 Å². The molecule has 3 aliphatic carbocycles. The molecular formula is C96H109F3N7NaO14. The Kier molecular flexibility index (Phi) is 36.6. The third kappa shape index (κ3) is 27.1. The van der Waals surface area contributed by atoms with Gasteiger partial charge in [0, 0.05) is 71.6 Å². The van der Waals surface area contributed by atoms with E-state index in [1.54, 1.807) is 60.7 Å². The van der Waals surface area contributed by atoms with Crippen molar-refractivity contribution in [1.29, 1.82) is 0 Å². The summed E-state index contributed by atoms with van der Waals surface area (Å²) in [6, 6.07) is 43.4. The summed E-state index contributed by atoms with van der Waals surface area (Å²) in [5.41, 5.74) is 39.1. The van der Waals surface area contributed by atoms with Gasteiger partial charge in [-0.15, -0.1) is 0 Å². The number of hydrogen-bond donors (Lipinski definition) is 12. The molecule has 21 nitrogen and oxygen atoms in total. The summed E-state index contributed by atoms with van der Waals surface area (Å²) in [6.45, 7) is 12.8. The molecule has 634 valence electrons. The third-order valence-corrected chi connectivity index (χ3v) is 21.1. The molecule has 12 rings (SSSR count). The Balaban J connectivity index is 0.000000210. The van der Waals surface area contributed by atoms with Crippen LogP contribution in [0.1, 0.15) is 197 Å². The van der Waals surface area contributed by atoms with Crippen LogP contribution in [0, 0.1) is 17.5 Å². The van der Waals surface area contributed by atoms with Crippen molar-refractivity contribution >= 4 is 48.1 Å². The molecule has 9 aromatic rings. The Hall–Kier alpha value is -10.4. The number of aliphatic hydroxyl groups excluding tert-OH is 6. The van der Waals surface area contributed by atoms with Crippen molar-refractivity contribution in [2.75, 3.05) is 6.54 Å². The molecule has 121 heavy (non-hydrogen) atoms. The molecule has 3 aromatic heterocycles. The van der Waals surface area contributed by atoms with Crippen molar-refractivity contribution in [2.24, 2.45) is 22.2 Å². The second-order valence-electron chi connectivity index (χ2n) is 31.5. The number of hydrogen-bond acceptors (Lipinski definition) is 16. The number of carbonyl (C=O) groups is 4. The number of pyridine rings is 3.